The summed E-state index contributed by atoms with van der Waals surface area (Å²) in [5.41, 5.74) is 4.37. The van der Waals surface area contributed by atoms with Gasteiger partial charge in [0.25, 0.3) is 0 Å². The number of nitrogens with one attached hydrogen (secondary N) is 1. The van der Waals surface area contributed by atoms with Crippen LogP contribution in [0.5, 0.6) is 0 Å². The van der Waals surface area contributed by atoms with Gasteiger partial charge in [-0.15, -0.1) is 0 Å². The molecule has 22 heavy (non-hydrogen) atoms. The lowest BCUT2D eigenvalue weighted by Crippen LogP contribution is -2.32. The second-order valence-corrected chi connectivity index (χ2v) is 7.84. The molecule has 0 amide bonds. The van der Waals surface area contributed by atoms with E-state index < -0.39 is 0 Å². The highest BCUT2D eigenvalue weighted by Crippen LogP contribution is 2.30. The van der Waals surface area contributed by atoms with Crippen LogP contribution in [0.4, 0.5) is 5.69 Å². The monoisotopic (exact) mass is 332 g/mol. The van der Waals surface area contributed by atoms with E-state index in [0.29, 0.717) is 15.9 Å². The molecule has 0 radical (unpaired) electrons. The Morgan fingerprint density at radius 2 is 2.27 bits per heavy atom. The summed E-state index contributed by atoms with van der Waals surface area (Å²) in [6, 6.07) is 6.48. The lowest BCUT2D eigenvalue weighted by Gasteiger charge is -2.32. The van der Waals surface area contributed by atoms with Gasteiger partial charge in [0.2, 0.25) is 5.12 Å². The first-order valence-corrected chi connectivity index (χ1v) is 8.88. The molecule has 0 aliphatic carbocycles. The van der Waals surface area contributed by atoms with Crippen molar-refractivity contribution in [2.75, 3.05) is 18.0 Å². The summed E-state index contributed by atoms with van der Waals surface area (Å²) >= 11 is 6.11. The van der Waals surface area contributed by atoms with E-state index in [1.54, 1.807) is 0 Å². The second kappa shape index (κ2) is 6.42. The topological polar surface area (TPSA) is 32.3 Å². The lowest BCUT2D eigenvalue weighted by atomic mass is 9.98. The van der Waals surface area contributed by atoms with Crippen LogP contribution in [0, 0.1) is 5.92 Å². The Hall–Kier alpha value is -1.33. The second-order valence-electron chi connectivity index (χ2n) is 6.19. The standard InChI is InChI=1S/C17H20N2OS2/c1-11(2)10-19-7-3-4-13-8-12(5-6-15(13)19)9-14-16(20)22-17(21)18-14/h5-6,8-9,11H,3-4,7,10H2,1-2H3,(H,18,21)/b14-9+. The number of aryl methyl sites for hydroxylation is 1. The molecule has 0 bridgehead atoms. The van der Waals surface area contributed by atoms with Gasteiger partial charge in [0.1, 0.15) is 4.32 Å². The normalized spacial score (nSPS) is 19.8. The Morgan fingerprint density at radius 3 is 2.95 bits per heavy atom. The first kappa shape index (κ1) is 15.6. The van der Waals surface area contributed by atoms with Gasteiger partial charge in [0, 0.05) is 18.8 Å². The van der Waals surface area contributed by atoms with Gasteiger partial charge < -0.3 is 10.2 Å². The zero-order valence-electron chi connectivity index (χ0n) is 12.9. The summed E-state index contributed by atoms with van der Waals surface area (Å²) < 4.78 is 0.539. The van der Waals surface area contributed by atoms with Crippen LogP contribution in [-0.4, -0.2) is 22.5 Å². The van der Waals surface area contributed by atoms with Crippen molar-refractivity contribution in [1.82, 2.24) is 5.32 Å². The van der Waals surface area contributed by atoms with E-state index in [0.717, 1.165) is 36.8 Å². The summed E-state index contributed by atoms with van der Waals surface area (Å²) in [6.07, 6.45) is 4.20. The molecule has 2 heterocycles. The average Bonchev–Trinajstić information content (AvgIpc) is 2.76. The van der Waals surface area contributed by atoms with Gasteiger partial charge in [-0.3, -0.25) is 4.79 Å². The first-order valence-electron chi connectivity index (χ1n) is 7.65. The Balaban J connectivity index is 1.86. The van der Waals surface area contributed by atoms with Crippen LogP contribution in [0.1, 0.15) is 31.4 Å². The number of thioether (sulfide) groups is 1. The first-order chi connectivity index (χ1) is 10.5. The fraction of sp³-hybridized carbons (Fsp3) is 0.412. The molecule has 5 heteroatoms. The molecule has 1 aromatic rings. The van der Waals surface area contributed by atoms with Crippen LogP contribution in [0.2, 0.25) is 0 Å². The van der Waals surface area contributed by atoms with Crippen LogP contribution in [-0.2, 0) is 11.2 Å². The molecule has 0 atom stereocenters. The van der Waals surface area contributed by atoms with E-state index in [1.165, 1.54) is 17.7 Å². The summed E-state index contributed by atoms with van der Waals surface area (Å²) in [5, 5.41) is 2.97. The van der Waals surface area contributed by atoms with Crippen LogP contribution in [0.25, 0.3) is 6.08 Å². The molecule has 3 rings (SSSR count). The molecule has 1 N–H and O–H groups in total. The van der Waals surface area contributed by atoms with Gasteiger partial charge in [-0.2, -0.15) is 0 Å². The van der Waals surface area contributed by atoms with Crippen LogP contribution >= 0.6 is 24.0 Å². The number of thiocarbonyl (C=S) groups is 1. The van der Waals surface area contributed by atoms with Crippen LogP contribution < -0.4 is 10.2 Å². The number of hydrogen-bond donors (Lipinski definition) is 1. The fourth-order valence-electron chi connectivity index (χ4n) is 3.00. The number of carbonyl (C=O) groups excluding carboxylic acids is 1. The molecule has 3 nitrogen and oxygen atoms in total. The van der Waals surface area contributed by atoms with Gasteiger partial charge in [0.05, 0.1) is 5.70 Å². The minimum absolute atomic E-state index is 0.00385. The van der Waals surface area contributed by atoms with E-state index in [1.807, 2.05) is 6.08 Å². The number of anilines is 1. The number of hydrogen-bond acceptors (Lipinski definition) is 4. The fourth-order valence-corrected chi connectivity index (χ4v) is 3.89. The predicted molar refractivity (Wildman–Crippen MR) is 98.1 cm³/mol. The van der Waals surface area contributed by atoms with E-state index in [-0.39, 0.29) is 5.12 Å². The maximum Gasteiger partial charge on any atom is 0.242 e. The van der Waals surface area contributed by atoms with E-state index in [4.69, 9.17) is 12.2 Å². The number of nitrogens with zero attached hydrogens (tertiary/aromatic N) is 1. The highest BCUT2D eigenvalue weighted by atomic mass is 32.2. The van der Waals surface area contributed by atoms with Gasteiger partial charge in [-0.25, -0.2) is 0 Å². The Labute approximate surface area is 141 Å². The van der Waals surface area contributed by atoms with Gasteiger partial charge in [0.15, 0.2) is 0 Å². The molecule has 0 saturated carbocycles. The number of carbonyl (C=O) groups is 1. The van der Waals surface area contributed by atoms with Crippen LogP contribution in [0.3, 0.4) is 0 Å². The summed E-state index contributed by atoms with van der Waals surface area (Å²) in [4.78, 5) is 14.3. The van der Waals surface area contributed by atoms with Crippen LogP contribution in [0.15, 0.2) is 23.9 Å². The van der Waals surface area contributed by atoms with Crippen molar-refractivity contribution in [2.24, 2.45) is 5.92 Å². The largest absolute Gasteiger partial charge is 0.371 e. The zero-order valence-corrected chi connectivity index (χ0v) is 14.5. The minimum atomic E-state index is 0.00385. The number of benzene rings is 1. The van der Waals surface area contributed by atoms with Crippen molar-refractivity contribution in [3.63, 3.8) is 0 Å². The summed E-state index contributed by atoms with van der Waals surface area (Å²) in [6.45, 7) is 6.74. The van der Waals surface area contributed by atoms with Crippen molar-refractivity contribution in [2.45, 2.75) is 26.7 Å². The maximum atomic E-state index is 11.8. The Morgan fingerprint density at radius 1 is 1.45 bits per heavy atom. The smallest absolute Gasteiger partial charge is 0.242 e. The molecule has 116 valence electrons. The predicted octanol–water partition coefficient (Wildman–Crippen LogP) is 3.58. The number of rotatable bonds is 3. The third-order valence-corrected chi connectivity index (χ3v) is 4.90. The van der Waals surface area contributed by atoms with Crippen molar-refractivity contribution in [3.05, 3.63) is 35.0 Å². The van der Waals surface area contributed by atoms with Gasteiger partial charge in [-0.05, 0) is 59.9 Å². The minimum Gasteiger partial charge on any atom is -0.371 e. The summed E-state index contributed by atoms with van der Waals surface area (Å²) in [7, 11) is 0. The van der Waals surface area contributed by atoms with E-state index in [9.17, 15) is 4.79 Å². The molecule has 0 spiro atoms. The van der Waals surface area contributed by atoms with Gasteiger partial charge >= 0.3 is 0 Å². The Kier molecular flexibility index (Phi) is 4.54. The highest BCUT2D eigenvalue weighted by molar-refractivity contribution is 8.33. The molecule has 2 aliphatic rings. The van der Waals surface area contributed by atoms with Crippen molar-refractivity contribution < 1.29 is 4.79 Å². The van der Waals surface area contributed by atoms with E-state index in [2.05, 4.69) is 42.3 Å². The highest BCUT2D eigenvalue weighted by Gasteiger charge is 2.23. The quantitative estimate of drug-likeness (QED) is 0.675. The Bertz CT molecular complexity index is 652. The molecule has 1 saturated heterocycles. The lowest BCUT2D eigenvalue weighted by molar-refractivity contribution is -0.107. The molecule has 0 aromatic heterocycles. The molecule has 1 aromatic carbocycles. The third kappa shape index (κ3) is 3.36. The summed E-state index contributed by atoms with van der Waals surface area (Å²) in [5.74, 6) is 0.658. The molecular formula is C17H20N2OS2. The molecule has 0 unspecified atom stereocenters. The average molecular weight is 332 g/mol. The molecule has 2 aliphatic heterocycles. The van der Waals surface area contributed by atoms with Crippen molar-refractivity contribution in [1.29, 1.82) is 0 Å². The van der Waals surface area contributed by atoms with Crippen molar-refractivity contribution in [3.8, 4) is 0 Å². The third-order valence-electron chi connectivity index (χ3n) is 3.86. The van der Waals surface area contributed by atoms with E-state index >= 15 is 0 Å². The molecular weight excluding hydrogens is 312 g/mol. The van der Waals surface area contributed by atoms with Gasteiger partial charge in [-0.1, -0.05) is 32.1 Å². The maximum absolute atomic E-state index is 11.8. The SMILES string of the molecule is CC(C)CN1CCCc2cc(/C=C3/NC(=S)SC3=O)ccc21. The van der Waals surface area contributed by atoms with Crippen molar-refractivity contribution >= 4 is 45.2 Å². The molecule has 1 fully saturated rings. The zero-order chi connectivity index (χ0) is 15.7. The number of fused-ring (bicyclic) bond motifs is 1.